The van der Waals surface area contributed by atoms with Crippen molar-refractivity contribution in [3.63, 3.8) is 0 Å². The summed E-state index contributed by atoms with van der Waals surface area (Å²) in [6.45, 7) is 7.64. The molecule has 12 heavy (non-hydrogen) atoms. The minimum absolute atomic E-state index is 0.701. The summed E-state index contributed by atoms with van der Waals surface area (Å²) >= 11 is 0. The van der Waals surface area contributed by atoms with Crippen molar-refractivity contribution in [3.05, 3.63) is 0 Å². The standard InChI is InChI=1S/C10H24N2/c1-4-6-10(8-11)9-12(3)7-5-2/h10H,4-9,11H2,1-3H3. The zero-order valence-electron chi connectivity index (χ0n) is 8.84. The van der Waals surface area contributed by atoms with Crippen LogP contribution in [0.4, 0.5) is 0 Å². The normalized spacial score (nSPS) is 13.8. The van der Waals surface area contributed by atoms with Gasteiger partial charge in [-0.15, -0.1) is 0 Å². The molecule has 0 bridgehead atoms. The summed E-state index contributed by atoms with van der Waals surface area (Å²) in [5.41, 5.74) is 5.68. The van der Waals surface area contributed by atoms with Crippen LogP contribution in [0.25, 0.3) is 0 Å². The fourth-order valence-corrected chi connectivity index (χ4v) is 1.61. The van der Waals surface area contributed by atoms with Crippen molar-refractivity contribution < 1.29 is 0 Å². The van der Waals surface area contributed by atoms with Crippen LogP contribution in [0.15, 0.2) is 0 Å². The van der Waals surface area contributed by atoms with Crippen LogP contribution in [-0.4, -0.2) is 31.6 Å². The Balaban J connectivity index is 3.53. The molecule has 0 saturated heterocycles. The summed E-state index contributed by atoms with van der Waals surface area (Å²) in [6, 6.07) is 0. The molecule has 0 rings (SSSR count). The predicted octanol–water partition coefficient (Wildman–Crippen LogP) is 1.70. The summed E-state index contributed by atoms with van der Waals surface area (Å²) < 4.78 is 0. The van der Waals surface area contributed by atoms with Crippen molar-refractivity contribution in [3.8, 4) is 0 Å². The lowest BCUT2D eigenvalue weighted by atomic mass is 10.0. The lowest BCUT2D eigenvalue weighted by molar-refractivity contribution is 0.270. The highest BCUT2D eigenvalue weighted by atomic mass is 15.1. The Morgan fingerprint density at radius 3 is 2.33 bits per heavy atom. The van der Waals surface area contributed by atoms with E-state index in [0.717, 1.165) is 13.1 Å². The van der Waals surface area contributed by atoms with Gasteiger partial charge in [0.1, 0.15) is 0 Å². The molecular weight excluding hydrogens is 148 g/mol. The zero-order chi connectivity index (χ0) is 9.40. The molecule has 0 aliphatic rings. The summed E-state index contributed by atoms with van der Waals surface area (Å²) in [5.74, 6) is 0.701. The second-order valence-corrected chi connectivity index (χ2v) is 3.65. The van der Waals surface area contributed by atoms with E-state index in [1.807, 2.05) is 0 Å². The Kier molecular flexibility index (Phi) is 7.51. The molecule has 0 spiro atoms. The van der Waals surface area contributed by atoms with Crippen molar-refractivity contribution in [2.75, 3.05) is 26.7 Å². The summed E-state index contributed by atoms with van der Waals surface area (Å²) in [4.78, 5) is 2.38. The van der Waals surface area contributed by atoms with E-state index in [0.29, 0.717) is 5.92 Å². The monoisotopic (exact) mass is 172 g/mol. The van der Waals surface area contributed by atoms with E-state index < -0.39 is 0 Å². The predicted molar refractivity (Wildman–Crippen MR) is 55.2 cm³/mol. The van der Waals surface area contributed by atoms with Gasteiger partial charge in [-0.25, -0.2) is 0 Å². The van der Waals surface area contributed by atoms with E-state index in [1.165, 1.54) is 25.8 Å². The third-order valence-corrected chi connectivity index (χ3v) is 2.21. The van der Waals surface area contributed by atoms with Crippen molar-refractivity contribution in [2.45, 2.75) is 33.1 Å². The average molecular weight is 172 g/mol. The van der Waals surface area contributed by atoms with Gasteiger partial charge < -0.3 is 10.6 Å². The minimum atomic E-state index is 0.701. The fourth-order valence-electron chi connectivity index (χ4n) is 1.61. The summed E-state index contributed by atoms with van der Waals surface area (Å²) in [7, 11) is 2.18. The number of rotatable bonds is 7. The smallest absolute Gasteiger partial charge is 0.00187 e. The third-order valence-electron chi connectivity index (χ3n) is 2.21. The number of nitrogens with zero attached hydrogens (tertiary/aromatic N) is 1. The maximum atomic E-state index is 5.68. The Morgan fingerprint density at radius 2 is 1.92 bits per heavy atom. The molecule has 0 aliphatic carbocycles. The van der Waals surface area contributed by atoms with Crippen LogP contribution >= 0.6 is 0 Å². The molecule has 2 nitrogen and oxygen atoms in total. The van der Waals surface area contributed by atoms with Crippen LogP contribution in [0.1, 0.15) is 33.1 Å². The van der Waals surface area contributed by atoms with E-state index in [1.54, 1.807) is 0 Å². The lowest BCUT2D eigenvalue weighted by Gasteiger charge is -2.21. The molecule has 0 amide bonds. The molecule has 0 aromatic rings. The van der Waals surface area contributed by atoms with Gasteiger partial charge in [0.25, 0.3) is 0 Å². The Hall–Kier alpha value is -0.0800. The highest BCUT2D eigenvalue weighted by Gasteiger charge is 2.07. The molecule has 0 aromatic carbocycles. The van der Waals surface area contributed by atoms with E-state index in [-0.39, 0.29) is 0 Å². The van der Waals surface area contributed by atoms with Crippen LogP contribution in [0.2, 0.25) is 0 Å². The van der Waals surface area contributed by atoms with Crippen molar-refractivity contribution in [1.82, 2.24) is 4.90 Å². The third kappa shape index (κ3) is 5.56. The second kappa shape index (κ2) is 7.56. The highest BCUT2D eigenvalue weighted by molar-refractivity contribution is 4.63. The van der Waals surface area contributed by atoms with Crippen molar-refractivity contribution in [1.29, 1.82) is 0 Å². The molecule has 74 valence electrons. The highest BCUT2D eigenvalue weighted by Crippen LogP contribution is 2.06. The van der Waals surface area contributed by atoms with Gasteiger partial charge in [0.15, 0.2) is 0 Å². The van der Waals surface area contributed by atoms with Crippen molar-refractivity contribution >= 4 is 0 Å². The first-order chi connectivity index (χ1) is 5.74. The molecule has 1 unspecified atom stereocenters. The number of hydrogen-bond donors (Lipinski definition) is 1. The number of nitrogens with two attached hydrogens (primary N) is 1. The Bertz CT molecular complexity index is 93.8. The second-order valence-electron chi connectivity index (χ2n) is 3.65. The molecule has 1 atom stereocenters. The molecule has 0 aliphatic heterocycles. The van der Waals surface area contributed by atoms with Crippen LogP contribution in [0.3, 0.4) is 0 Å². The lowest BCUT2D eigenvalue weighted by Crippen LogP contribution is -2.30. The average Bonchev–Trinajstić information content (AvgIpc) is 2.04. The van der Waals surface area contributed by atoms with Gasteiger partial charge in [-0.05, 0) is 38.9 Å². The first-order valence-corrected chi connectivity index (χ1v) is 5.13. The van der Waals surface area contributed by atoms with Crippen LogP contribution in [0, 0.1) is 5.92 Å². The first kappa shape index (κ1) is 11.9. The maximum Gasteiger partial charge on any atom is 0.00187 e. The summed E-state index contributed by atoms with van der Waals surface area (Å²) in [6.07, 6.45) is 3.76. The topological polar surface area (TPSA) is 29.3 Å². The van der Waals surface area contributed by atoms with E-state index >= 15 is 0 Å². The van der Waals surface area contributed by atoms with Gasteiger partial charge in [0.05, 0.1) is 0 Å². The molecular formula is C10H24N2. The van der Waals surface area contributed by atoms with Gasteiger partial charge in [0, 0.05) is 6.54 Å². The number of hydrogen-bond acceptors (Lipinski definition) is 2. The molecule has 0 fully saturated rings. The van der Waals surface area contributed by atoms with Gasteiger partial charge in [-0.3, -0.25) is 0 Å². The Labute approximate surface area is 77.1 Å². The van der Waals surface area contributed by atoms with E-state index in [4.69, 9.17) is 5.73 Å². The van der Waals surface area contributed by atoms with Gasteiger partial charge in [0.2, 0.25) is 0 Å². The van der Waals surface area contributed by atoms with Crippen molar-refractivity contribution in [2.24, 2.45) is 11.7 Å². The molecule has 0 saturated carbocycles. The molecule has 0 heterocycles. The van der Waals surface area contributed by atoms with Crippen LogP contribution in [-0.2, 0) is 0 Å². The summed E-state index contributed by atoms with van der Waals surface area (Å²) in [5, 5.41) is 0. The molecule has 2 heteroatoms. The van der Waals surface area contributed by atoms with E-state index in [9.17, 15) is 0 Å². The molecule has 0 aromatic heterocycles. The quantitative estimate of drug-likeness (QED) is 0.633. The maximum absolute atomic E-state index is 5.68. The SMILES string of the molecule is CCCC(CN)CN(C)CCC. The fraction of sp³-hybridized carbons (Fsp3) is 1.00. The molecule has 2 N–H and O–H groups in total. The largest absolute Gasteiger partial charge is 0.330 e. The first-order valence-electron chi connectivity index (χ1n) is 5.13. The van der Waals surface area contributed by atoms with Gasteiger partial charge in [-0.1, -0.05) is 20.3 Å². The minimum Gasteiger partial charge on any atom is -0.330 e. The van der Waals surface area contributed by atoms with Crippen LogP contribution < -0.4 is 5.73 Å². The molecule has 0 radical (unpaired) electrons. The van der Waals surface area contributed by atoms with Gasteiger partial charge >= 0.3 is 0 Å². The zero-order valence-corrected chi connectivity index (χ0v) is 8.84. The Morgan fingerprint density at radius 1 is 1.25 bits per heavy atom. The van der Waals surface area contributed by atoms with E-state index in [2.05, 4.69) is 25.8 Å². The van der Waals surface area contributed by atoms with Gasteiger partial charge in [-0.2, -0.15) is 0 Å². The van der Waals surface area contributed by atoms with Crippen LogP contribution in [0.5, 0.6) is 0 Å².